The van der Waals surface area contributed by atoms with Gasteiger partial charge >= 0.3 is 0 Å². The maximum atomic E-state index is 3.59. The summed E-state index contributed by atoms with van der Waals surface area (Å²) in [6, 6.07) is 22.3. The summed E-state index contributed by atoms with van der Waals surface area (Å²) in [6.07, 6.45) is 24.2. The first-order valence-electron chi connectivity index (χ1n) is 18.9. The van der Waals surface area contributed by atoms with E-state index in [1.807, 2.05) is 0 Å². The number of benzene rings is 3. The molecule has 48 heavy (non-hydrogen) atoms. The zero-order valence-electron chi connectivity index (χ0n) is 29.5. The lowest BCUT2D eigenvalue weighted by molar-refractivity contribution is 0.575. The molecule has 5 rings (SSSR count). The quantitative estimate of drug-likeness (QED) is 0.0643. The molecule has 2 heteroatoms. The van der Waals surface area contributed by atoms with Gasteiger partial charge < -0.3 is 0 Å². The van der Waals surface area contributed by atoms with Gasteiger partial charge in [-0.25, -0.2) is 0 Å². The van der Waals surface area contributed by atoms with Crippen LogP contribution in [-0.2, 0) is 12.8 Å². The first kappa shape index (κ1) is 36.0. The molecular formula is C46H54S2. The molecule has 0 fully saturated rings. The second kappa shape index (κ2) is 20.3. The summed E-state index contributed by atoms with van der Waals surface area (Å²) in [7, 11) is 0. The summed E-state index contributed by atoms with van der Waals surface area (Å²) in [6.45, 7) is 4.57. The monoisotopic (exact) mass is 670 g/mol. The molecule has 0 spiro atoms. The van der Waals surface area contributed by atoms with E-state index in [0.29, 0.717) is 0 Å². The van der Waals surface area contributed by atoms with E-state index >= 15 is 0 Å². The van der Waals surface area contributed by atoms with Crippen molar-refractivity contribution in [1.82, 2.24) is 0 Å². The Bertz CT molecular complexity index is 1610. The molecule has 2 aromatic heterocycles. The standard InChI is InChI=1S/C46H54S2/c1-3-5-7-9-11-13-15-17-19-37-21-25-39(26-22-37)29-31-41-42-33-35-47-45(42)44(46-43(41)34-36-48-46)32-30-40-27-23-38(24-28-40)20-18-16-14-12-10-8-6-4-2/h21-28,33-36H,3-20H2,1-2H3. The zero-order chi connectivity index (χ0) is 33.2. The highest BCUT2D eigenvalue weighted by molar-refractivity contribution is 7.20. The number of fused-ring (bicyclic) bond motifs is 2. The molecule has 0 N–H and O–H groups in total. The summed E-state index contributed by atoms with van der Waals surface area (Å²) < 4.78 is 2.49. The fourth-order valence-electron chi connectivity index (χ4n) is 6.60. The first-order chi connectivity index (χ1) is 23.8. The van der Waals surface area contributed by atoms with Crippen molar-refractivity contribution >= 4 is 42.8 Å². The summed E-state index contributed by atoms with van der Waals surface area (Å²) >= 11 is 3.56. The summed E-state index contributed by atoms with van der Waals surface area (Å²) in [5.74, 6) is 14.1. The van der Waals surface area contributed by atoms with Crippen LogP contribution in [0.5, 0.6) is 0 Å². The molecule has 0 radical (unpaired) electrons. The van der Waals surface area contributed by atoms with E-state index in [0.717, 1.165) is 22.3 Å². The molecule has 0 amide bonds. The maximum Gasteiger partial charge on any atom is 0.0606 e. The lowest BCUT2D eigenvalue weighted by atomic mass is 10.0. The van der Waals surface area contributed by atoms with Crippen LogP contribution in [0.3, 0.4) is 0 Å². The van der Waals surface area contributed by atoms with E-state index in [-0.39, 0.29) is 0 Å². The van der Waals surface area contributed by atoms with Crippen LogP contribution in [0.15, 0.2) is 71.4 Å². The van der Waals surface area contributed by atoms with E-state index in [4.69, 9.17) is 0 Å². The highest BCUT2D eigenvalue weighted by atomic mass is 32.1. The minimum Gasteiger partial charge on any atom is -0.142 e. The minimum atomic E-state index is 1.08. The molecule has 3 aromatic carbocycles. The van der Waals surface area contributed by atoms with Crippen LogP contribution in [0, 0.1) is 23.7 Å². The Kier molecular flexibility index (Phi) is 15.2. The summed E-state index contributed by atoms with van der Waals surface area (Å²) in [5, 5.41) is 6.80. The van der Waals surface area contributed by atoms with Crippen molar-refractivity contribution in [2.75, 3.05) is 0 Å². The number of thiophene rings is 2. The van der Waals surface area contributed by atoms with E-state index in [2.05, 4.69) is 109 Å². The molecule has 0 aliphatic carbocycles. The molecule has 5 aromatic rings. The fourth-order valence-corrected chi connectivity index (χ4v) is 8.48. The zero-order valence-corrected chi connectivity index (χ0v) is 31.1. The Morgan fingerprint density at radius 2 is 0.771 bits per heavy atom. The fraction of sp³-hybridized carbons (Fsp3) is 0.435. The first-order valence-corrected chi connectivity index (χ1v) is 20.6. The second-order valence-corrected chi connectivity index (χ2v) is 15.3. The van der Waals surface area contributed by atoms with Crippen LogP contribution in [0.2, 0.25) is 0 Å². The molecule has 0 aliphatic rings. The lowest BCUT2D eigenvalue weighted by Crippen LogP contribution is -1.88. The minimum absolute atomic E-state index is 1.08. The lowest BCUT2D eigenvalue weighted by Gasteiger charge is -2.04. The SMILES string of the molecule is CCCCCCCCCCc1ccc(C#Cc2c3ccsc3c(C#Cc3ccc(CCCCCCCCCC)cc3)c3sccc23)cc1. The second-order valence-electron chi connectivity index (χ2n) is 13.4. The van der Waals surface area contributed by atoms with Crippen LogP contribution in [0.25, 0.3) is 20.2 Å². The van der Waals surface area contributed by atoms with E-state index in [1.165, 1.54) is 147 Å². The summed E-state index contributed by atoms with van der Waals surface area (Å²) in [5.41, 5.74) is 7.28. The van der Waals surface area contributed by atoms with Gasteiger partial charge in [0.25, 0.3) is 0 Å². The third-order valence-corrected chi connectivity index (χ3v) is 11.4. The van der Waals surface area contributed by atoms with E-state index < -0.39 is 0 Å². The Hall–Kier alpha value is -3.30. The maximum absolute atomic E-state index is 3.59. The topological polar surface area (TPSA) is 0 Å². The largest absolute Gasteiger partial charge is 0.142 e. The van der Waals surface area contributed by atoms with Gasteiger partial charge in [0.2, 0.25) is 0 Å². The van der Waals surface area contributed by atoms with Crippen LogP contribution >= 0.6 is 22.7 Å². The van der Waals surface area contributed by atoms with Gasteiger partial charge in [-0.2, -0.15) is 0 Å². The third-order valence-electron chi connectivity index (χ3n) is 9.53. The molecule has 0 nitrogen and oxygen atoms in total. The van der Waals surface area contributed by atoms with Gasteiger partial charge in [0.05, 0.1) is 15.0 Å². The van der Waals surface area contributed by atoms with Gasteiger partial charge in [0, 0.05) is 27.5 Å². The van der Waals surface area contributed by atoms with Gasteiger partial charge in [-0.15, -0.1) is 22.7 Å². The predicted molar refractivity (Wildman–Crippen MR) is 215 cm³/mol. The average molecular weight is 671 g/mol. The van der Waals surface area contributed by atoms with Gasteiger partial charge in [0.15, 0.2) is 0 Å². The number of hydrogen-bond donors (Lipinski definition) is 0. The molecule has 0 bridgehead atoms. The normalized spacial score (nSPS) is 11.0. The number of hydrogen-bond acceptors (Lipinski definition) is 2. The molecule has 2 heterocycles. The van der Waals surface area contributed by atoms with E-state index in [9.17, 15) is 0 Å². The number of aryl methyl sites for hydroxylation is 2. The van der Waals surface area contributed by atoms with Crippen LogP contribution in [0.4, 0.5) is 0 Å². The van der Waals surface area contributed by atoms with E-state index in [1.54, 1.807) is 22.7 Å². The Morgan fingerprint density at radius 1 is 0.396 bits per heavy atom. The molecule has 0 aliphatic heterocycles. The molecule has 250 valence electrons. The molecule has 0 saturated carbocycles. The van der Waals surface area contributed by atoms with Crippen LogP contribution < -0.4 is 0 Å². The predicted octanol–water partition coefficient (Wildman–Crippen LogP) is 14.3. The average Bonchev–Trinajstić information content (AvgIpc) is 3.81. The van der Waals surface area contributed by atoms with Crippen molar-refractivity contribution in [3.05, 3.63) is 105 Å². The molecular weight excluding hydrogens is 617 g/mol. The number of rotatable bonds is 18. The Balaban J connectivity index is 1.20. The van der Waals surface area contributed by atoms with Crippen molar-refractivity contribution in [3.8, 4) is 23.7 Å². The van der Waals surface area contributed by atoms with Crippen molar-refractivity contribution in [3.63, 3.8) is 0 Å². The van der Waals surface area contributed by atoms with Crippen molar-refractivity contribution in [2.24, 2.45) is 0 Å². The Morgan fingerprint density at radius 3 is 1.19 bits per heavy atom. The number of unbranched alkanes of at least 4 members (excludes halogenated alkanes) is 14. The Labute approximate surface area is 299 Å². The molecule has 0 atom stereocenters. The summed E-state index contributed by atoms with van der Waals surface area (Å²) in [4.78, 5) is 0. The van der Waals surface area contributed by atoms with Crippen LogP contribution in [-0.4, -0.2) is 0 Å². The van der Waals surface area contributed by atoms with Crippen molar-refractivity contribution in [1.29, 1.82) is 0 Å². The smallest absolute Gasteiger partial charge is 0.0606 e. The molecule has 0 unspecified atom stereocenters. The van der Waals surface area contributed by atoms with Gasteiger partial charge in [-0.1, -0.05) is 152 Å². The van der Waals surface area contributed by atoms with Gasteiger partial charge in [0.1, 0.15) is 0 Å². The highest BCUT2D eigenvalue weighted by Crippen LogP contribution is 2.38. The molecule has 0 saturated heterocycles. The third kappa shape index (κ3) is 10.9. The highest BCUT2D eigenvalue weighted by Gasteiger charge is 2.14. The van der Waals surface area contributed by atoms with Gasteiger partial charge in [-0.3, -0.25) is 0 Å². The van der Waals surface area contributed by atoms with Crippen molar-refractivity contribution in [2.45, 2.75) is 129 Å². The van der Waals surface area contributed by atoms with Gasteiger partial charge in [-0.05, 0) is 84.0 Å². The van der Waals surface area contributed by atoms with Crippen LogP contribution in [0.1, 0.15) is 150 Å². The van der Waals surface area contributed by atoms with Crippen molar-refractivity contribution < 1.29 is 0 Å².